The van der Waals surface area contributed by atoms with Crippen LogP contribution in [0.25, 0.3) is 0 Å². The Labute approximate surface area is 146 Å². The molecular weight excluding hydrogens is 330 g/mol. The van der Waals surface area contributed by atoms with Crippen molar-refractivity contribution in [3.05, 3.63) is 40.7 Å². The number of imidazole rings is 1. The molecule has 6 heteroatoms. The van der Waals surface area contributed by atoms with Crippen LogP contribution >= 0.6 is 23.4 Å². The fourth-order valence-electron chi connectivity index (χ4n) is 2.19. The summed E-state index contributed by atoms with van der Waals surface area (Å²) in [6.07, 6.45) is 2.24. The summed E-state index contributed by atoms with van der Waals surface area (Å²) < 4.78 is 2.20. The smallest absolute Gasteiger partial charge is 0.234 e. The lowest BCUT2D eigenvalue weighted by molar-refractivity contribution is -0.113. The van der Waals surface area contributed by atoms with Crippen molar-refractivity contribution in [3.8, 4) is 0 Å². The predicted octanol–water partition coefficient (Wildman–Crippen LogP) is 4.68. The average molecular weight is 352 g/mol. The van der Waals surface area contributed by atoms with E-state index in [2.05, 4.69) is 28.7 Å². The molecule has 0 saturated heterocycles. The SMILES string of the molecule is CCCCn1c(SCC(=O)Nc2ccccc2Cl)nc(C)c1C. The molecule has 1 aromatic heterocycles. The molecule has 124 valence electrons. The third kappa shape index (κ3) is 4.75. The van der Waals surface area contributed by atoms with Gasteiger partial charge in [-0.15, -0.1) is 0 Å². The highest BCUT2D eigenvalue weighted by molar-refractivity contribution is 7.99. The van der Waals surface area contributed by atoms with Crippen LogP contribution in [0, 0.1) is 13.8 Å². The molecule has 0 aliphatic heterocycles. The number of nitrogens with one attached hydrogen (secondary N) is 1. The largest absolute Gasteiger partial charge is 0.324 e. The van der Waals surface area contributed by atoms with Crippen LogP contribution in [0.5, 0.6) is 0 Å². The van der Waals surface area contributed by atoms with Gasteiger partial charge in [0.05, 0.1) is 22.2 Å². The lowest BCUT2D eigenvalue weighted by Crippen LogP contribution is -2.15. The standard InChI is InChI=1S/C17H22ClN3OS/c1-4-5-10-21-13(3)12(2)19-17(21)23-11-16(22)20-15-9-7-6-8-14(15)18/h6-9H,4-5,10-11H2,1-3H3,(H,20,22). The van der Waals surface area contributed by atoms with E-state index >= 15 is 0 Å². The van der Waals surface area contributed by atoms with Gasteiger partial charge in [-0.25, -0.2) is 4.98 Å². The van der Waals surface area contributed by atoms with Crippen molar-refractivity contribution in [1.29, 1.82) is 0 Å². The number of carbonyl (C=O) groups is 1. The Balaban J connectivity index is 1.99. The number of anilines is 1. The zero-order chi connectivity index (χ0) is 16.8. The first-order valence-electron chi connectivity index (χ1n) is 7.73. The Morgan fingerprint density at radius 3 is 2.78 bits per heavy atom. The van der Waals surface area contributed by atoms with Crippen molar-refractivity contribution in [1.82, 2.24) is 9.55 Å². The fraction of sp³-hybridized carbons (Fsp3) is 0.412. The molecule has 0 saturated carbocycles. The van der Waals surface area contributed by atoms with Crippen LogP contribution < -0.4 is 5.32 Å². The first-order chi connectivity index (χ1) is 11.0. The molecule has 1 aromatic carbocycles. The number of hydrogen-bond acceptors (Lipinski definition) is 3. The van der Waals surface area contributed by atoms with Gasteiger partial charge in [-0.1, -0.05) is 48.8 Å². The third-order valence-electron chi connectivity index (χ3n) is 3.64. The van der Waals surface area contributed by atoms with E-state index in [1.807, 2.05) is 19.1 Å². The van der Waals surface area contributed by atoms with Gasteiger partial charge >= 0.3 is 0 Å². The minimum Gasteiger partial charge on any atom is -0.324 e. The summed E-state index contributed by atoms with van der Waals surface area (Å²) in [5.74, 6) is 0.233. The van der Waals surface area contributed by atoms with Crippen LogP contribution in [0.4, 0.5) is 5.69 Å². The van der Waals surface area contributed by atoms with E-state index in [1.54, 1.807) is 12.1 Å². The first kappa shape index (κ1) is 17.9. The van der Waals surface area contributed by atoms with Crippen LogP contribution in [0.1, 0.15) is 31.2 Å². The van der Waals surface area contributed by atoms with Crippen LogP contribution in [-0.2, 0) is 11.3 Å². The van der Waals surface area contributed by atoms with E-state index in [0.717, 1.165) is 30.2 Å². The fourth-order valence-corrected chi connectivity index (χ4v) is 3.29. The monoisotopic (exact) mass is 351 g/mol. The second-order valence-corrected chi connectivity index (χ2v) is 6.74. The zero-order valence-electron chi connectivity index (χ0n) is 13.7. The van der Waals surface area contributed by atoms with E-state index in [4.69, 9.17) is 11.6 Å². The van der Waals surface area contributed by atoms with Gasteiger partial charge in [0, 0.05) is 12.2 Å². The summed E-state index contributed by atoms with van der Waals surface area (Å²) in [6, 6.07) is 7.23. The second-order valence-electron chi connectivity index (χ2n) is 5.39. The van der Waals surface area contributed by atoms with E-state index in [0.29, 0.717) is 16.5 Å². The lowest BCUT2D eigenvalue weighted by Gasteiger charge is -2.10. The molecule has 4 nitrogen and oxygen atoms in total. The summed E-state index contributed by atoms with van der Waals surface area (Å²) in [5, 5.41) is 4.28. The molecule has 0 aliphatic rings. The number of thioether (sulfide) groups is 1. The number of halogens is 1. The normalized spacial score (nSPS) is 10.8. The number of carbonyl (C=O) groups excluding carboxylic acids is 1. The van der Waals surface area contributed by atoms with Crippen molar-refractivity contribution >= 4 is 35.0 Å². The van der Waals surface area contributed by atoms with Crippen molar-refractivity contribution in [3.63, 3.8) is 0 Å². The summed E-state index contributed by atoms with van der Waals surface area (Å²) in [7, 11) is 0. The summed E-state index contributed by atoms with van der Waals surface area (Å²) in [5.41, 5.74) is 2.84. The lowest BCUT2D eigenvalue weighted by atomic mass is 10.3. The van der Waals surface area contributed by atoms with Crippen LogP contribution in [0.3, 0.4) is 0 Å². The second kappa shape index (κ2) is 8.41. The highest BCUT2D eigenvalue weighted by Gasteiger charge is 2.13. The molecule has 0 atom stereocenters. The first-order valence-corrected chi connectivity index (χ1v) is 9.10. The van der Waals surface area contributed by atoms with Crippen molar-refractivity contribution in [2.45, 2.75) is 45.3 Å². The highest BCUT2D eigenvalue weighted by Crippen LogP contribution is 2.24. The van der Waals surface area contributed by atoms with Gasteiger partial charge in [0.1, 0.15) is 0 Å². The van der Waals surface area contributed by atoms with Crippen molar-refractivity contribution in [2.75, 3.05) is 11.1 Å². The number of hydrogen-bond donors (Lipinski definition) is 1. The van der Waals surface area contributed by atoms with Crippen LogP contribution in [-0.4, -0.2) is 21.2 Å². The number of aromatic nitrogens is 2. The van der Waals surface area contributed by atoms with Gasteiger partial charge in [-0.3, -0.25) is 4.79 Å². The molecule has 0 radical (unpaired) electrons. The Hall–Kier alpha value is -1.46. The maximum Gasteiger partial charge on any atom is 0.234 e. The van der Waals surface area contributed by atoms with E-state index in [9.17, 15) is 4.79 Å². The minimum absolute atomic E-state index is 0.0801. The Morgan fingerprint density at radius 2 is 2.09 bits per heavy atom. The quantitative estimate of drug-likeness (QED) is 0.736. The summed E-state index contributed by atoms with van der Waals surface area (Å²) in [4.78, 5) is 16.7. The van der Waals surface area contributed by atoms with E-state index in [-0.39, 0.29) is 5.91 Å². The molecule has 2 aromatic rings. The van der Waals surface area contributed by atoms with Gasteiger partial charge in [0.25, 0.3) is 0 Å². The van der Waals surface area contributed by atoms with Crippen molar-refractivity contribution in [2.24, 2.45) is 0 Å². The number of amides is 1. The molecule has 2 rings (SSSR count). The highest BCUT2D eigenvalue weighted by atomic mass is 35.5. The predicted molar refractivity (Wildman–Crippen MR) is 97.4 cm³/mol. The molecule has 1 N–H and O–H groups in total. The van der Waals surface area contributed by atoms with Crippen LogP contribution in [0.2, 0.25) is 5.02 Å². The molecular formula is C17H22ClN3OS. The molecule has 0 unspecified atom stereocenters. The van der Waals surface area contributed by atoms with Gasteiger partial charge in [-0.2, -0.15) is 0 Å². The number of rotatable bonds is 7. The average Bonchev–Trinajstić information content (AvgIpc) is 2.80. The van der Waals surface area contributed by atoms with Gasteiger partial charge in [-0.05, 0) is 32.4 Å². The van der Waals surface area contributed by atoms with Gasteiger partial charge in [0.15, 0.2) is 5.16 Å². The van der Waals surface area contributed by atoms with E-state index < -0.39 is 0 Å². The molecule has 1 heterocycles. The Kier molecular flexibility index (Phi) is 6.54. The van der Waals surface area contributed by atoms with Gasteiger partial charge < -0.3 is 9.88 Å². The van der Waals surface area contributed by atoms with E-state index in [1.165, 1.54) is 17.5 Å². The summed E-state index contributed by atoms with van der Waals surface area (Å²) >= 11 is 7.52. The van der Waals surface area contributed by atoms with Crippen LogP contribution in [0.15, 0.2) is 29.4 Å². The number of aryl methyl sites for hydroxylation is 1. The molecule has 0 bridgehead atoms. The molecule has 0 aliphatic carbocycles. The molecule has 0 spiro atoms. The number of para-hydroxylation sites is 1. The zero-order valence-corrected chi connectivity index (χ0v) is 15.3. The maximum atomic E-state index is 12.1. The maximum absolute atomic E-state index is 12.1. The molecule has 1 amide bonds. The molecule has 23 heavy (non-hydrogen) atoms. The summed E-state index contributed by atoms with van der Waals surface area (Å²) in [6.45, 7) is 7.19. The topological polar surface area (TPSA) is 46.9 Å². The number of benzene rings is 1. The van der Waals surface area contributed by atoms with Crippen molar-refractivity contribution < 1.29 is 4.79 Å². The Morgan fingerprint density at radius 1 is 1.35 bits per heavy atom. The minimum atomic E-state index is -0.0801. The molecule has 0 fully saturated rings. The number of unbranched alkanes of at least 4 members (excludes halogenated alkanes) is 1. The third-order valence-corrected chi connectivity index (χ3v) is 4.94. The Bertz CT molecular complexity index is 684. The number of nitrogens with zero attached hydrogens (tertiary/aromatic N) is 2. The van der Waals surface area contributed by atoms with Gasteiger partial charge in [0.2, 0.25) is 5.91 Å².